The van der Waals surface area contributed by atoms with E-state index in [1.165, 1.54) is 0 Å². The Labute approximate surface area is 105 Å². The molecule has 6 heteroatoms. The predicted octanol–water partition coefficient (Wildman–Crippen LogP) is 1.80. The minimum Gasteiger partial charge on any atom is -0.316 e. The van der Waals surface area contributed by atoms with Crippen LogP contribution in [0.4, 0.5) is 5.69 Å². The van der Waals surface area contributed by atoms with Gasteiger partial charge in [0.2, 0.25) is 10.0 Å². The third kappa shape index (κ3) is 4.96. The summed E-state index contributed by atoms with van der Waals surface area (Å²) < 4.78 is 26.6. The molecule has 0 bridgehead atoms. The van der Waals surface area contributed by atoms with Crippen LogP contribution in [-0.2, 0) is 10.0 Å². The van der Waals surface area contributed by atoms with E-state index in [9.17, 15) is 8.42 Å². The lowest BCUT2D eigenvalue weighted by molar-refractivity contribution is 0.597. The highest BCUT2D eigenvalue weighted by Crippen LogP contribution is 2.15. The molecule has 0 fully saturated rings. The first-order chi connectivity index (χ1) is 7.53. The van der Waals surface area contributed by atoms with E-state index < -0.39 is 10.0 Å². The highest BCUT2D eigenvalue weighted by molar-refractivity contribution is 9.10. The molecule has 0 aliphatic heterocycles. The third-order valence-corrected chi connectivity index (χ3v) is 3.73. The maximum atomic E-state index is 11.6. The van der Waals surface area contributed by atoms with Crippen molar-refractivity contribution < 1.29 is 8.42 Å². The molecule has 0 heterocycles. The van der Waals surface area contributed by atoms with Crippen molar-refractivity contribution in [2.24, 2.45) is 0 Å². The van der Waals surface area contributed by atoms with Crippen LogP contribution >= 0.6 is 15.9 Å². The van der Waals surface area contributed by atoms with Crippen molar-refractivity contribution >= 4 is 31.6 Å². The Morgan fingerprint density at radius 1 is 1.25 bits per heavy atom. The van der Waals surface area contributed by atoms with Gasteiger partial charge < -0.3 is 5.32 Å². The Bertz CT molecular complexity index is 417. The molecule has 90 valence electrons. The minimum absolute atomic E-state index is 0.0803. The summed E-state index contributed by atoms with van der Waals surface area (Å²) in [5.74, 6) is 0.0803. The van der Waals surface area contributed by atoms with Crippen LogP contribution in [0.15, 0.2) is 28.7 Å². The average molecular weight is 307 g/mol. The summed E-state index contributed by atoms with van der Waals surface area (Å²) in [6, 6.07) is 7.02. The van der Waals surface area contributed by atoms with Crippen molar-refractivity contribution in [2.45, 2.75) is 6.92 Å². The van der Waals surface area contributed by atoms with Gasteiger partial charge in [-0.15, -0.1) is 0 Å². The van der Waals surface area contributed by atoms with Gasteiger partial charge in [-0.2, -0.15) is 0 Å². The summed E-state index contributed by atoms with van der Waals surface area (Å²) in [4.78, 5) is 0. The fraction of sp³-hybridized carbons (Fsp3) is 0.400. The molecular formula is C10H15BrN2O2S. The number of hydrogen-bond acceptors (Lipinski definition) is 3. The molecule has 0 aliphatic carbocycles. The number of sulfonamides is 1. The summed E-state index contributed by atoms with van der Waals surface area (Å²) in [5, 5.41) is 2.97. The van der Waals surface area contributed by atoms with Gasteiger partial charge in [0.1, 0.15) is 0 Å². The number of rotatable bonds is 6. The van der Waals surface area contributed by atoms with E-state index in [2.05, 4.69) is 26.0 Å². The van der Waals surface area contributed by atoms with E-state index in [1.54, 1.807) is 24.3 Å². The molecule has 1 rings (SSSR count). The van der Waals surface area contributed by atoms with E-state index in [0.717, 1.165) is 11.0 Å². The third-order valence-electron chi connectivity index (χ3n) is 1.92. The van der Waals surface area contributed by atoms with Gasteiger partial charge in [-0.3, -0.25) is 4.72 Å². The molecule has 0 aromatic heterocycles. The first-order valence-electron chi connectivity index (χ1n) is 5.00. The zero-order valence-electron chi connectivity index (χ0n) is 9.03. The summed E-state index contributed by atoms with van der Waals surface area (Å²) >= 11 is 3.29. The largest absolute Gasteiger partial charge is 0.316 e. The molecule has 0 saturated carbocycles. The molecule has 0 amide bonds. The molecule has 0 unspecified atom stereocenters. The molecule has 4 nitrogen and oxygen atoms in total. The summed E-state index contributed by atoms with van der Waals surface area (Å²) in [7, 11) is -3.25. The Hall–Kier alpha value is -0.590. The van der Waals surface area contributed by atoms with E-state index in [4.69, 9.17) is 0 Å². The van der Waals surface area contributed by atoms with Gasteiger partial charge in [-0.25, -0.2) is 8.42 Å². The van der Waals surface area contributed by atoms with Crippen LogP contribution in [0.2, 0.25) is 0 Å². The molecule has 16 heavy (non-hydrogen) atoms. The van der Waals surface area contributed by atoms with E-state index in [0.29, 0.717) is 12.2 Å². The number of anilines is 1. The maximum Gasteiger partial charge on any atom is 0.233 e. The first-order valence-corrected chi connectivity index (χ1v) is 7.45. The second-order valence-electron chi connectivity index (χ2n) is 3.28. The summed E-state index contributed by atoms with van der Waals surface area (Å²) in [5.41, 5.74) is 0.583. The van der Waals surface area contributed by atoms with Crippen molar-refractivity contribution in [1.82, 2.24) is 5.32 Å². The monoisotopic (exact) mass is 306 g/mol. The second kappa shape index (κ2) is 6.22. The summed E-state index contributed by atoms with van der Waals surface area (Å²) in [6.45, 7) is 3.17. The Kier molecular flexibility index (Phi) is 5.24. The second-order valence-corrected chi connectivity index (χ2v) is 6.04. The molecule has 1 aromatic rings. The van der Waals surface area contributed by atoms with Crippen LogP contribution in [0.25, 0.3) is 0 Å². The fourth-order valence-electron chi connectivity index (χ4n) is 1.13. The van der Waals surface area contributed by atoms with Crippen molar-refractivity contribution in [3.05, 3.63) is 28.7 Å². The first kappa shape index (κ1) is 13.5. The van der Waals surface area contributed by atoms with Crippen LogP contribution < -0.4 is 10.0 Å². The van der Waals surface area contributed by atoms with Crippen LogP contribution in [0.3, 0.4) is 0 Å². The average Bonchev–Trinajstić information content (AvgIpc) is 2.21. The smallest absolute Gasteiger partial charge is 0.233 e. The number of hydrogen-bond donors (Lipinski definition) is 2. The molecule has 2 N–H and O–H groups in total. The van der Waals surface area contributed by atoms with Gasteiger partial charge in [0, 0.05) is 16.7 Å². The fourth-order valence-corrected chi connectivity index (χ4v) is 2.41. The summed E-state index contributed by atoms with van der Waals surface area (Å²) in [6.07, 6.45) is 0. The quantitative estimate of drug-likeness (QED) is 0.788. The van der Waals surface area contributed by atoms with Crippen molar-refractivity contribution in [2.75, 3.05) is 23.6 Å². The van der Waals surface area contributed by atoms with Crippen molar-refractivity contribution in [3.8, 4) is 0 Å². The topological polar surface area (TPSA) is 58.2 Å². The van der Waals surface area contributed by atoms with Gasteiger partial charge in [-0.05, 0) is 30.8 Å². The van der Waals surface area contributed by atoms with E-state index in [1.807, 2.05) is 6.92 Å². The molecule has 0 radical (unpaired) electrons. The van der Waals surface area contributed by atoms with Gasteiger partial charge in [0.05, 0.1) is 5.75 Å². The number of benzene rings is 1. The minimum atomic E-state index is -3.25. The molecular weight excluding hydrogens is 292 g/mol. The number of nitrogens with one attached hydrogen (secondary N) is 2. The molecule has 0 spiro atoms. The van der Waals surface area contributed by atoms with E-state index in [-0.39, 0.29) is 5.75 Å². The van der Waals surface area contributed by atoms with Crippen LogP contribution in [0, 0.1) is 0 Å². The predicted molar refractivity (Wildman–Crippen MR) is 70.1 cm³/mol. The Morgan fingerprint density at radius 3 is 2.44 bits per heavy atom. The standard InChI is InChI=1S/C10H15BrN2O2S/c1-2-12-7-8-16(14,15)13-10-5-3-9(11)4-6-10/h3-6,12-13H,2,7-8H2,1H3. The van der Waals surface area contributed by atoms with Crippen LogP contribution in [0.5, 0.6) is 0 Å². The maximum absolute atomic E-state index is 11.6. The Balaban J connectivity index is 2.55. The lowest BCUT2D eigenvalue weighted by Gasteiger charge is -2.08. The van der Waals surface area contributed by atoms with Crippen molar-refractivity contribution in [1.29, 1.82) is 0 Å². The Morgan fingerprint density at radius 2 is 1.88 bits per heavy atom. The van der Waals surface area contributed by atoms with Crippen molar-refractivity contribution in [3.63, 3.8) is 0 Å². The molecule has 0 aliphatic rings. The lowest BCUT2D eigenvalue weighted by atomic mass is 10.3. The highest BCUT2D eigenvalue weighted by atomic mass is 79.9. The van der Waals surface area contributed by atoms with E-state index >= 15 is 0 Å². The highest BCUT2D eigenvalue weighted by Gasteiger charge is 2.09. The normalized spacial score (nSPS) is 11.4. The van der Waals surface area contributed by atoms with Crippen LogP contribution in [0.1, 0.15) is 6.92 Å². The van der Waals surface area contributed by atoms with Gasteiger partial charge in [0.15, 0.2) is 0 Å². The van der Waals surface area contributed by atoms with Gasteiger partial charge in [0.25, 0.3) is 0 Å². The molecule has 1 aromatic carbocycles. The lowest BCUT2D eigenvalue weighted by Crippen LogP contribution is -2.26. The van der Waals surface area contributed by atoms with Gasteiger partial charge in [-0.1, -0.05) is 22.9 Å². The zero-order chi connectivity index (χ0) is 12.0. The van der Waals surface area contributed by atoms with Gasteiger partial charge >= 0.3 is 0 Å². The van der Waals surface area contributed by atoms with Crippen LogP contribution in [-0.4, -0.2) is 27.3 Å². The molecule has 0 saturated heterocycles. The number of halogens is 1. The molecule has 0 atom stereocenters. The zero-order valence-corrected chi connectivity index (χ0v) is 11.4. The SMILES string of the molecule is CCNCCS(=O)(=O)Nc1ccc(Br)cc1.